The highest BCUT2D eigenvalue weighted by molar-refractivity contribution is 5.97. The van der Waals surface area contributed by atoms with Crippen LogP contribution in [0.5, 0.6) is 0 Å². The number of hydrogen-bond donors (Lipinski definition) is 1. The number of hydrogen-bond acceptors (Lipinski definition) is 3. The standard InChI is InChI=1S/C20H25N3/c1-3-23(4-2)14-13-17(21)20-15-9-5-7-11-18(15)22-19-12-8-6-10-16(19)20/h5-12,17H,3-4,13-14,21H2,1-2H3. The summed E-state index contributed by atoms with van der Waals surface area (Å²) in [6.45, 7) is 7.57. The van der Waals surface area contributed by atoms with Gasteiger partial charge in [-0.3, -0.25) is 0 Å². The topological polar surface area (TPSA) is 42.1 Å². The number of nitrogens with two attached hydrogens (primary N) is 1. The molecule has 3 rings (SSSR count). The van der Waals surface area contributed by atoms with E-state index >= 15 is 0 Å². The maximum absolute atomic E-state index is 6.63. The maximum Gasteiger partial charge on any atom is 0.0713 e. The Bertz CT molecular complexity index is 739. The second-order valence-corrected chi connectivity index (χ2v) is 5.98. The van der Waals surface area contributed by atoms with E-state index in [1.807, 2.05) is 12.1 Å². The summed E-state index contributed by atoms with van der Waals surface area (Å²) < 4.78 is 0. The number of fused-ring (bicyclic) bond motifs is 2. The third-order valence-corrected chi connectivity index (χ3v) is 4.65. The van der Waals surface area contributed by atoms with Crippen LogP contribution in [-0.2, 0) is 0 Å². The average molecular weight is 307 g/mol. The summed E-state index contributed by atoms with van der Waals surface area (Å²) in [5.74, 6) is 0. The van der Waals surface area contributed by atoms with Crippen LogP contribution in [-0.4, -0.2) is 29.5 Å². The van der Waals surface area contributed by atoms with Gasteiger partial charge in [-0.05, 0) is 43.8 Å². The zero-order chi connectivity index (χ0) is 16.2. The van der Waals surface area contributed by atoms with Gasteiger partial charge in [-0.1, -0.05) is 50.2 Å². The van der Waals surface area contributed by atoms with E-state index in [2.05, 4.69) is 55.1 Å². The van der Waals surface area contributed by atoms with Gasteiger partial charge in [0.2, 0.25) is 0 Å². The summed E-state index contributed by atoms with van der Waals surface area (Å²) in [6, 6.07) is 16.7. The van der Waals surface area contributed by atoms with Gasteiger partial charge in [-0.15, -0.1) is 0 Å². The molecule has 3 aromatic rings. The highest BCUT2D eigenvalue weighted by Crippen LogP contribution is 2.31. The molecule has 0 fully saturated rings. The predicted molar refractivity (Wildman–Crippen MR) is 98.6 cm³/mol. The molecule has 3 heteroatoms. The molecule has 0 saturated heterocycles. The van der Waals surface area contributed by atoms with Gasteiger partial charge in [-0.25, -0.2) is 4.98 Å². The lowest BCUT2D eigenvalue weighted by molar-refractivity contribution is 0.291. The first-order chi connectivity index (χ1) is 11.2. The molecule has 1 atom stereocenters. The summed E-state index contributed by atoms with van der Waals surface area (Å²) in [4.78, 5) is 7.20. The lowest BCUT2D eigenvalue weighted by atomic mass is 9.95. The fourth-order valence-electron chi connectivity index (χ4n) is 3.28. The monoisotopic (exact) mass is 307 g/mol. The molecule has 0 aliphatic carbocycles. The minimum atomic E-state index is 0.0217. The van der Waals surface area contributed by atoms with Crippen molar-refractivity contribution in [2.24, 2.45) is 5.73 Å². The minimum Gasteiger partial charge on any atom is -0.324 e. The molecule has 2 aromatic carbocycles. The van der Waals surface area contributed by atoms with Gasteiger partial charge in [0.25, 0.3) is 0 Å². The van der Waals surface area contributed by atoms with Crippen LogP contribution in [0.3, 0.4) is 0 Å². The van der Waals surface area contributed by atoms with Gasteiger partial charge in [0.1, 0.15) is 0 Å². The number of benzene rings is 2. The molecule has 1 unspecified atom stereocenters. The molecular weight excluding hydrogens is 282 g/mol. The van der Waals surface area contributed by atoms with E-state index < -0.39 is 0 Å². The van der Waals surface area contributed by atoms with Crippen molar-refractivity contribution in [3.63, 3.8) is 0 Å². The molecular formula is C20H25N3. The number of para-hydroxylation sites is 2. The third kappa shape index (κ3) is 3.21. The lowest BCUT2D eigenvalue weighted by Gasteiger charge is -2.22. The summed E-state index contributed by atoms with van der Waals surface area (Å²) >= 11 is 0. The van der Waals surface area contributed by atoms with E-state index in [1.165, 1.54) is 16.3 Å². The highest BCUT2D eigenvalue weighted by atomic mass is 15.1. The predicted octanol–water partition coefficient (Wildman–Crippen LogP) is 4.12. The van der Waals surface area contributed by atoms with Crippen LogP contribution in [0.4, 0.5) is 0 Å². The molecule has 0 bridgehead atoms. The Morgan fingerprint density at radius 2 is 1.43 bits per heavy atom. The molecule has 2 N–H and O–H groups in total. The van der Waals surface area contributed by atoms with Crippen molar-refractivity contribution >= 4 is 21.8 Å². The quantitative estimate of drug-likeness (QED) is 0.697. The second-order valence-electron chi connectivity index (χ2n) is 5.98. The first-order valence-electron chi connectivity index (χ1n) is 8.50. The van der Waals surface area contributed by atoms with Gasteiger partial charge in [0.05, 0.1) is 11.0 Å². The van der Waals surface area contributed by atoms with Crippen molar-refractivity contribution in [1.29, 1.82) is 0 Å². The van der Waals surface area contributed by atoms with Crippen molar-refractivity contribution in [3.05, 3.63) is 54.1 Å². The fourth-order valence-corrected chi connectivity index (χ4v) is 3.28. The summed E-state index contributed by atoms with van der Waals surface area (Å²) in [6.07, 6.45) is 0.958. The third-order valence-electron chi connectivity index (χ3n) is 4.65. The van der Waals surface area contributed by atoms with Gasteiger partial charge in [-0.2, -0.15) is 0 Å². The lowest BCUT2D eigenvalue weighted by Crippen LogP contribution is -2.27. The Hall–Kier alpha value is -1.97. The number of pyridine rings is 1. The Kier molecular flexibility index (Phi) is 4.89. The maximum atomic E-state index is 6.63. The van der Waals surface area contributed by atoms with Gasteiger partial charge < -0.3 is 10.6 Å². The Morgan fingerprint density at radius 3 is 1.96 bits per heavy atom. The molecule has 0 amide bonds. The van der Waals surface area contributed by atoms with E-state index in [1.54, 1.807) is 0 Å². The van der Waals surface area contributed by atoms with E-state index in [9.17, 15) is 0 Å². The molecule has 1 aromatic heterocycles. The molecule has 0 aliphatic heterocycles. The highest BCUT2D eigenvalue weighted by Gasteiger charge is 2.16. The molecule has 1 heterocycles. The zero-order valence-electron chi connectivity index (χ0n) is 14.0. The van der Waals surface area contributed by atoms with Crippen LogP contribution in [0.25, 0.3) is 21.8 Å². The second kappa shape index (κ2) is 7.07. The summed E-state index contributed by atoms with van der Waals surface area (Å²) in [5, 5.41) is 2.36. The van der Waals surface area contributed by atoms with Crippen LogP contribution in [0.2, 0.25) is 0 Å². The first-order valence-corrected chi connectivity index (χ1v) is 8.50. The van der Waals surface area contributed by atoms with Crippen molar-refractivity contribution in [3.8, 4) is 0 Å². The number of aromatic nitrogens is 1. The van der Waals surface area contributed by atoms with Crippen LogP contribution in [0.15, 0.2) is 48.5 Å². The van der Waals surface area contributed by atoms with Crippen LogP contribution < -0.4 is 5.73 Å². The summed E-state index contributed by atoms with van der Waals surface area (Å²) in [5.41, 5.74) is 9.92. The fraction of sp³-hybridized carbons (Fsp3) is 0.350. The normalized spacial score (nSPS) is 13.0. The average Bonchev–Trinajstić information content (AvgIpc) is 2.60. The van der Waals surface area contributed by atoms with E-state index in [-0.39, 0.29) is 6.04 Å². The van der Waals surface area contributed by atoms with Crippen molar-refractivity contribution in [2.75, 3.05) is 19.6 Å². The molecule has 23 heavy (non-hydrogen) atoms. The van der Waals surface area contributed by atoms with Crippen molar-refractivity contribution in [2.45, 2.75) is 26.3 Å². The molecule has 3 nitrogen and oxygen atoms in total. The molecule has 0 aliphatic rings. The Labute approximate surface area is 138 Å². The zero-order valence-corrected chi connectivity index (χ0v) is 14.0. The molecule has 0 spiro atoms. The Morgan fingerprint density at radius 1 is 0.913 bits per heavy atom. The van der Waals surface area contributed by atoms with E-state index in [0.29, 0.717) is 0 Å². The number of rotatable bonds is 6. The molecule has 120 valence electrons. The van der Waals surface area contributed by atoms with Gasteiger partial charge in [0, 0.05) is 16.8 Å². The Balaban J connectivity index is 2.05. The van der Waals surface area contributed by atoms with E-state index in [0.717, 1.165) is 37.1 Å². The smallest absolute Gasteiger partial charge is 0.0713 e. The number of nitrogens with zero attached hydrogens (tertiary/aromatic N) is 2. The first kappa shape index (κ1) is 15.9. The largest absolute Gasteiger partial charge is 0.324 e. The molecule has 0 saturated carbocycles. The van der Waals surface area contributed by atoms with Crippen LogP contribution >= 0.6 is 0 Å². The van der Waals surface area contributed by atoms with E-state index in [4.69, 9.17) is 10.7 Å². The van der Waals surface area contributed by atoms with Crippen LogP contribution in [0.1, 0.15) is 31.9 Å². The van der Waals surface area contributed by atoms with Gasteiger partial charge >= 0.3 is 0 Å². The summed E-state index contributed by atoms with van der Waals surface area (Å²) in [7, 11) is 0. The minimum absolute atomic E-state index is 0.0217. The van der Waals surface area contributed by atoms with Crippen molar-refractivity contribution in [1.82, 2.24) is 9.88 Å². The van der Waals surface area contributed by atoms with Crippen LogP contribution in [0, 0.1) is 0 Å². The molecule has 0 radical (unpaired) electrons. The van der Waals surface area contributed by atoms with Gasteiger partial charge in [0.15, 0.2) is 0 Å². The SMILES string of the molecule is CCN(CC)CCC(N)c1c2ccccc2nc2ccccc12. The van der Waals surface area contributed by atoms with Crippen molar-refractivity contribution < 1.29 is 0 Å².